The summed E-state index contributed by atoms with van der Waals surface area (Å²) in [4.78, 5) is 37.4. The van der Waals surface area contributed by atoms with Crippen LogP contribution in [0.15, 0.2) is 30.3 Å². The Balaban J connectivity index is 1.74. The Kier molecular flexibility index (Phi) is 6.20. The summed E-state index contributed by atoms with van der Waals surface area (Å²) in [6, 6.07) is 8.68. The van der Waals surface area contributed by atoms with Gasteiger partial charge in [-0.05, 0) is 37.7 Å². The number of nitrogens with zero attached hydrogens (tertiary/aromatic N) is 4. The van der Waals surface area contributed by atoms with Crippen LogP contribution in [0.3, 0.4) is 0 Å². The first-order valence-corrected chi connectivity index (χ1v) is 9.46. The van der Waals surface area contributed by atoms with Crippen LogP contribution in [0.25, 0.3) is 0 Å². The molecule has 2 amide bonds. The van der Waals surface area contributed by atoms with E-state index in [1.54, 1.807) is 30.3 Å². The Labute approximate surface area is 165 Å². The zero-order chi connectivity index (χ0) is 20.1. The number of carbonyl (C=O) groups is 2. The number of benzene rings is 1. The minimum atomic E-state index is -0.307. The number of carbonyl (C=O) groups excluding carboxylic acids is 2. The molecule has 8 heteroatoms. The van der Waals surface area contributed by atoms with Gasteiger partial charge in [0, 0.05) is 50.2 Å². The van der Waals surface area contributed by atoms with E-state index < -0.39 is 0 Å². The Morgan fingerprint density at radius 3 is 2.36 bits per heavy atom. The van der Waals surface area contributed by atoms with Crippen LogP contribution in [0, 0.1) is 6.92 Å². The van der Waals surface area contributed by atoms with Crippen molar-refractivity contribution in [3.05, 3.63) is 41.7 Å². The summed E-state index contributed by atoms with van der Waals surface area (Å²) in [5.74, 6) is 0.120. The van der Waals surface area contributed by atoms with Crippen LogP contribution in [0.1, 0.15) is 30.0 Å². The van der Waals surface area contributed by atoms with Gasteiger partial charge >= 0.3 is 0 Å². The Hall–Kier alpha value is -3.00. The van der Waals surface area contributed by atoms with Crippen molar-refractivity contribution < 1.29 is 9.59 Å². The molecule has 0 spiro atoms. The second-order valence-corrected chi connectivity index (χ2v) is 6.83. The predicted molar refractivity (Wildman–Crippen MR) is 110 cm³/mol. The number of rotatable bonds is 5. The molecule has 1 saturated heterocycles. The third kappa shape index (κ3) is 5.04. The van der Waals surface area contributed by atoms with Gasteiger partial charge in [-0.2, -0.15) is 0 Å². The van der Waals surface area contributed by atoms with E-state index in [1.807, 2.05) is 6.92 Å². The summed E-state index contributed by atoms with van der Waals surface area (Å²) in [6.07, 6.45) is 0. The van der Waals surface area contributed by atoms with Crippen LogP contribution in [0.5, 0.6) is 0 Å². The zero-order valence-electron chi connectivity index (χ0n) is 16.5. The molecule has 0 radical (unpaired) electrons. The molecule has 0 unspecified atom stereocenters. The Morgan fingerprint density at radius 1 is 1.04 bits per heavy atom. The van der Waals surface area contributed by atoms with Gasteiger partial charge in [0.25, 0.3) is 5.91 Å². The van der Waals surface area contributed by atoms with Gasteiger partial charge in [-0.3, -0.25) is 9.59 Å². The highest BCUT2D eigenvalue weighted by molar-refractivity contribution is 6.03. The van der Waals surface area contributed by atoms with Gasteiger partial charge in [-0.1, -0.05) is 13.0 Å². The fraction of sp³-hybridized carbons (Fsp3) is 0.400. The summed E-state index contributed by atoms with van der Waals surface area (Å²) in [6.45, 7) is 10.1. The topological polar surface area (TPSA) is 90.5 Å². The first-order chi connectivity index (χ1) is 13.4. The van der Waals surface area contributed by atoms with Gasteiger partial charge in [-0.25, -0.2) is 9.97 Å². The summed E-state index contributed by atoms with van der Waals surface area (Å²) in [5.41, 5.74) is 2.29. The number of nitrogens with one attached hydrogen (secondary N) is 2. The lowest BCUT2D eigenvalue weighted by Gasteiger charge is -2.34. The minimum absolute atomic E-state index is 0.164. The van der Waals surface area contributed by atoms with Gasteiger partial charge in [0.05, 0.1) is 0 Å². The number of likely N-dealkylation sites (N-methyl/N-ethyl adjacent to an activating group) is 1. The third-order valence-corrected chi connectivity index (χ3v) is 4.62. The molecule has 1 fully saturated rings. The smallest absolute Gasteiger partial charge is 0.274 e. The highest BCUT2D eigenvalue weighted by Crippen LogP contribution is 2.17. The van der Waals surface area contributed by atoms with E-state index >= 15 is 0 Å². The van der Waals surface area contributed by atoms with Crippen LogP contribution in [0.4, 0.5) is 17.3 Å². The first kappa shape index (κ1) is 19.8. The van der Waals surface area contributed by atoms with E-state index in [2.05, 4.69) is 37.3 Å². The third-order valence-electron chi connectivity index (χ3n) is 4.62. The molecule has 148 valence electrons. The van der Waals surface area contributed by atoms with Crippen molar-refractivity contribution in [1.29, 1.82) is 0 Å². The van der Waals surface area contributed by atoms with Gasteiger partial charge in [0.15, 0.2) is 0 Å². The van der Waals surface area contributed by atoms with E-state index in [-0.39, 0.29) is 11.8 Å². The van der Waals surface area contributed by atoms with Crippen LogP contribution in [0.2, 0.25) is 0 Å². The number of amides is 2. The normalized spacial score (nSPS) is 14.6. The molecule has 3 rings (SSSR count). The zero-order valence-corrected chi connectivity index (χ0v) is 16.5. The molecule has 0 atom stereocenters. The van der Waals surface area contributed by atoms with Crippen molar-refractivity contribution in [3.63, 3.8) is 0 Å². The van der Waals surface area contributed by atoms with Gasteiger partial charge < -0.3 is 20.4 Å². The van der Waals surface area contributed by atoms with Gasteiger partial charge in [0.2, 0.25) is 11.9 Å². The van der Waals surface area contributed by atoms with Crippen LogP contribution in [-0.4, -0.2) is 59.4 Å². The predicted octanol–water partition coefficient (Wildman–Crippen LogP) is 2.14. The molecule has 2 aromatic rings. The highest BCUT2D eigenvalue weighted by atomic mass is 16.2. The molecule has 1 aliphatic heterocycles. The van der Waals surface area contributed by atoms with E-state index in [4.69, 9.17) is 0 Å². The SMILES string of the molecule is CCN1CCN(c2nc(C)cc(C(=O)Nc3cccc(NC(C)=O)c3)n2)CC1. The largest absolute Gasteiger partial charge is 0.338 e. The number of aryl methyl sites for hydroxylation is 1. The lowest BCUT2D eigenvalue weighted by Crippen LogP contribution is -2.47. The summed E-state index contributed by atoms with van der Waals surface area (Å²) < 4.78 is 0. The van der Waals surface area contributed by atoms with Crippen LogP contribution in [-0.2, 0) is 4.79 Å². The molecule has 0 aliphatic carbocycles. The molecular formula is C20H26N6O2. The van der Waals surface area contributed by atoms with Crippen molar-refractivity contribution in [3.8, 4) is 0 Å². The molecule has 1 aromatic heterocycles. The molecule has 1 aliphatic rings. The van der Waals surface area contributed by atoms with E-state index in [0.29, 0.717) is 23.0 Å². The number of hydrogen-bond acceptors (Lipinski definition) is 6. The van der Waals surface area contributed by atoms with E-state index in [1.165, 1.54) is 6.92 Å². The quantitative estimate of drug-likeness (QED) is 0.823. The average molecular weight is 382 g/mol. The van der Waals surface area contributed by atoms with E-state index in [9.17, 15) is 9.59 Å². The number of hydrogen-bond donors (Lipinski definition) is 2. The summed E-state index contributed by atoms with van der Waals surface area (Å²) in [7, 11) is 0. The second-order valence-electron chi connectivity index (χ2n) is 6.83. The highest BCUT2D eigenvalue weighted by Gasteiger charge is 2.20. The molecule has 2 N–H and O–H groups in total. The molecule has 2 heterocycles. The lowest BCUT2D eigenvalue weighted by molar-refractivity contribution is -0.114. The fourth-order valence-corrected chi connectivity index (χ4v) is 3.15. The molecule has 28 heavy (non-hydrogen) atoms. The molecule has 1 aromatic carbocycles. The van der Waals surface area contributed by atoms with Crippen molar-refractivity contribution in [2.24, 2.45) is 0 Å². The number of piperazine rings is 1. The lowest BCUT2D eigenvalue weighted by atomic mass is 10.2. The first-order valence-electron chi connectivity index (χ1n) is 9.46. The van der Waals surface area contributed by atoms with Crippen molar-refractivity contribution >= 4 is 29.1 Å². The van der Waals surface area contributed by atoms with Crippen molar-refractivity contribution in [2.75, 3.05) is 48.3 Å². The summed E-state index contributed by atoms with van der Waals surface area (Å²) >= 11 is 0. The molecule has 0 bridgehead atoms. The van der Waals surface area contributed by atoms with Crippen molar-refractivity contribution in [1.82, 2.24) is 14.9 Å². The molecule has 8 nitrogen and oxygen atoms in total. The van der Waals surface area contributed by atoms with E-state index in [0.717, 1.165) is 38.4 Å². The second kappa shape index (κ2) is 8.79. The monoisotopic (exact) mass is 382 g/mol. The molecule has 0 saturated carbocycles. The van der Waals surface area contributed by atoms with Crippen LogP contribution < -0.4 is 15.5 Å². The average Bonchev–Trinajstić information content (AvgIpc) is 2.67. The van der Waals surface area contributed by atoms with Gasteiger partial charge in [0.1, 0.15) is 5.69 Å². The fourth-order valence-electron chi connectivity index (χ4n) is 3.15. The Morgan fingerprint density at radius 2 is 1.71 bits per heavy atom. The maximum Gasteiger partial charge on any atom is 0.274 e. The maximum atomic E-state index is 12.7. The maximum absolute atomic E-state index is 12.7. The minimum Gasteiger partial charge on any atom is -0.338 e. The standard InChI is InChI=1S/C20H26N6O2/c1-4-25-8-10-26(11-9-25)20-21-14(2)12-18(24-20)19(28)23-17-7-5-6-16(13-17)22-15(3)27/h5-7,12-13H,4,8-11H2,1-3H3,(H,22,27)(H,23,28). The Bertz CT molecular complexity index is 862. The number of aromatic nitrogens is 2. The molecular weight excluding hydrogens is 356 g/mol. The van der Waals surface area contributed by atoms with Crippen molar-refractivity contribution in [2.45, 2.75) is 20.8 Å². The van der Waals surface area contributed by atoms with Gasteiger partial charge in [-0.15, -0.1) is 0 Å². The number of anilines is 3. The van der Waals surface area contributed by atoms with Crippen LogP contribution >= 0.6 is 0 Å². The summed E-state index contributed by atoms with van der Waals surface area (Å²) in [5, 5.41) is 5.54.